The number of morpholine rings is 1. The predicted molar refractivity (Wildman–Crippen MR) is 71.0 cm³/mol. The molecule has 1 heterocycles. The van der Waals surface area contributed by atoms with Crippen LogP contribution in [0.4, 0.5) is 10.1 Å². The van der Waals surface area contributed by atoms with Gasteiger partial charge in [0.2, 0.25) is 10.0 Å². The van der Waals surface area contributed by atoms with E-state index in [2.05, 4.69) is 0 Å². The number of nitrogen functional groups attached to an aromatic ring is 1. The molecule has 1 aliphatic rings. The maximum atomic E-state index is 13.0. The summed E-state index contributed by atoms with van der Waals surface area (Å²) in [5.74, 6) is -0.593. The Hall–Kier alpha value is -1.22. The van der Waals surface area contributed by atoms with Gasteiger partial charge in [0.25, 0.3) is 0 Å². The van der Waals surface area contributed by atoms with Gasteiger partial charge >= 0.3 is 0 Å². The molecule has 0 spiro atoms. The van der Waals surface area contributed by atoms with Crippen molar-refractivity contribution < 1.29 is 22.7 Å². The quantitative estimate of drug-likeness (QED) is 0.777. The first-order valence-electron chi connectivity index (χ1n) is 6.15. The third kappa shape index (κ3) is 2.78. The second-order valence-corrected chi connectivity index (χ2v) is 6.60. The summed E-state index contributed by atoms with van der Waals surface area (Å²) < 4.78 is 44.7. The van der Waals surface area contributed by atoms with Crippen LogP contribution in [0, 0.1) is 5.82 Å². The molecule has 1 fully saturated rings. The van der Waals surface area contributed by atoms with Crippen LogP contribution in [0.2, 0.25) is 0 Å². The second kappa shape index (κ2) is 5.65. The van der Waals surface area contributed by atoms with Gasteiger partial charge in [0.1, 0.15) is 10.7 Å². The zero-order valence-corrected chi connectivity index (χ0v) is 11.8. The summed E-state index contributed by atoms with van der Waals surface area (Å²) in [5, 5.41) is 9.10. The lowest BCUT2D eigenvalue weighted by Crippen LogP contribution is -2.51. The van der Waals surface area contributed by atoms with Crippen molar-refractivity contribution in [1.82, 2.24) is 4.31 Å². The van der Waals surface area contributed by atoms with Crippen LogP contribution in [-0.4, -0.2) is 49.7 Å². The molecule has 0 aromatic heterocycles. The number of sulfonamides is 1. The van der Waals surface area contributed by atoms with Gasteiger partial charge in [0, 0.05) is 12.6 Å². The van der Waals surface area contributed by atoms with E-state index in [4.69, 9.17) is 15.6 Å². The molecule has 0 radical (unpaired) electrons. The highest BCUT2D eigenvalue weighted by atomic mass is 32.2. The minimum Gasteiger partial charge on any atom is -0.398 e. The van der Waals surface area contributed by atoms with E-state index in [0.29, 0.717) is 0 Å². The Morgan fingerprint density at radius 3 is 2.85 bits per heavy atom. The summed E-state index contributed by atoms with van der Waals surface area (Å²) in [7, 11) is -3.85. The number of aliphatic hydroxyl groups is 1. The van der Waals surface area contributed by atoms with Crippen molar-refractivity contribution in [3.63, 3.8) is 0 Å². The van der Waals surface area contributed by atoms with Gasteiger partial charge in [-0.05, 0) is 25.1 Å². The van der Waals surface area contributed by atoms with Crippen LogP contribution in [0.3, 0.4) is 0 Å². The van der Waals surface area contributed by atoms with Crippen LogP contribution < -0.4 is 5.73 Å². The molecule has 0 saturated carbocycles. The van der Waals surface area contributed by atoms with Crippen LogP contribution in [0.15, 0.2) is 23.1 Å². The fourth-order valence-corrected chi connectivity index (χ4v) is 3.86. The lowest BCUT2D eigenvalue weighted by molar-refractivity contribution is -0.0516. The summed E-state index contributed by atoms with van der Waals surface area (Å²) in [6.07, 6.45) is -0.567. The van der Waals surface area contributed by atoms with Crippen LogP contribution in [0.1, 0.15) is 6.92 Å². The maximum absolute atomic E-state index is 13.0. The van der Waals surface area contributed by atoms with Crippen molar-refractivity contribution in [2.45, 2.75) is 24.0 Å². The van der Waals surface area contributed by atoms with E-state index < -0.39 is 21.9 Å². The van der Waals surface area contributed by atoms with E-state index in [1.807, 2.05) is 0 Å². The summed E-state index contributed by atoms with van der Waals surface area (Å²) in [4.78, 5) is -0.135. The highest BCUT2D eigenvalue weighted by Gasteiger charge is 2.36. The number of hydrogen-bond acceptors (Lipinski definition) is 5. The third-order valence-corrected chi connectivity index (χ3v) is 5.26. The molecule has 2 rings (SSSR count). The number of benzene rings is 1. The van der Waals surface area contributed by atoms with E-state index in [0.717, 1.165) is 18.2 Å². The molecule has 2 unspecified atom stereocenters. The monoisotopic (exact) mass is 304 g/mol. The van der Waals surface area contributed by atoms with Gasteiger partial charge in [-0.2, -0.15) is 4.31 Å². The molecule has 1 aromatic carbocycles. The molecule has 112 valence electrons. The number of anilines is 1. The Balaban J connectivity index is 2.38. The SMILES string of the molecule is CC1COC(CO)CN1S(=O)(=O)c1ccc(F)cc1N. The Bertz CT molecular complexity index is 593. The van der Waals surface area contributed by atoms with Crippen molar-refractivity contribution >= 4 is 15.7 Å². The zero-order valence-electron chi connectivity index (χ0n) is 11.0. The maximum Gasteiger partial charge on any atom is 0.245 e. The average Bonchev–Trinajstić information content (AvgIpc) is 2.38. The molecule has 2 atom stereocenters. The van der Waals surface area contributed by atoms with Crippen molar-refractivity contribution in [3.8, 4) is 0 Å². The number of nitrogens with zero attached hydrogens (tertiary/aromatic N) is 1. The van der Waals surface area contributed by atoms with Crippen molar-refractivity contribution in [1.29, 1.82) is 0 Å². The Labute approximate surface area is 117 Å². The summed E-state index contributed by atoms with van der Waals surface area (Å²) in [6, 6.07) is 2.79. The van der Waals surface area contributed by atoms with E-state index in [9.17, 15) is 12.8 Å². The van der Waals surface area contributed by atoms with Crippen molar-refractivity contribution in [3.05, 3.63) is 24.0 Å². The van der Waals surface area contributed by atoms with E-state index in [1.54, 1.807) is 6.92 Å². The van der Waals surface area contributed by atoms with E-state index >= 15 is 0 Å². The first-order valence-corrected chi connectivity index (χ1v) is 7.59. The largest absolute Gasteiger partial charge is 0.398 e. The van der Waals surface area contributed by atoms with Gasteiger partial charge in [-0.3, -0.25) is 0 Å². The first kappa shape index (κ1) is 15.2. The molecule has 20 heavy (non-hydrogen) atoms. The Morgan fingerprint density at radius 1 is 1.55 bits per heavy atom. The number of hydrogen-bond donors (Lipinski definition) is 2. The van der Waals surface area contributed by atoms with Crippen LogP contribution in [0.25, 0.3) is 0 Å². The highest BCUT2D eigenvalue weighted by Crippen LogP contribution is 2.26. The fraction of sp³-hybridized carbons (Fsp3) is 0.500. The molecular weight excluding hydrogens is 287 g/mol. The fourth-order valence-electron chi connectivity index (χ4n) is 2.12. The number of nitrogens with two attached hydrogens (primary N) is 1. The lowest BCUT2D eigenvalue weighted by atomic mass is 10.2. The molecule has 3 N–H and O–H groups in total. The van der Waals surface area contributed by atoms with Crippen LogP contribution in [-0.2, 0) is 14.8 Å². The third-order valence-electron chi connectivity index (χ3n) is 3.21. The smallest absolute Gasteiger partial charge is 0.245 e. The molecular formula is C12H17FN2O4S. The molecule has 1 aliphatic heterocycles. The van der Waals surface area contributed by atoms with Crippen LogP contribution >= 0.6 is 0 Å². The molecule has 1 saturated heterocycles. The van der Waals surface area contributed by atoms with Gasteiger partial charge in [-0.15, -0.1) is 0 Å². The zero-order chi connectivity index (χ0) is 14.9. The summed E-state index contributed by atoms with van der Waals surface area (Å²) in [5.41, 5.74) is 5.47. The standard InChI is InChI=1S/C12H17FN2O4S/c1-8-7-19-10(6-16)5-15(8)20(17,18)12-3-2-9(13)4-11(12)14/h2-4,8,10,16H,5-7,14H2,1H3. The van der Waals surface area contributed by atoms with Gasteiger partial charge in [0.15, 0.2) is 0 Å². The van der Waals surface area contributed by atoms with Gasteiger partial charge in [-0.25, -0.2) is 12.8 Å². The average molecular weight is 304 g/mol. The topological polar surface area (TPSA) is 92.9 Å². The molecule has 6 nitrogen and oxygen atoms in total. The first-order chi connectivity index (χ1) is 9.36. The Morgan fingerprint density at radius 2 is 2.25 bits per heavy atom. The van der Waals surface area contributed by atoms with Gasteiger partial charge in [-0.1, -0.05) is 0 Å². The van der Waals surface area contributed by atoms with E-state index in [1.165, 1.54) is 4.31 Å². The van der Waals surface area contributed by atoms with Gasteiger partial charge < -0.3 is 15.6 Å². The number of ether oxygens (including phenoxy) is 1. The highest BCUT2D eigenvalue weighted by molar-refractivity contribution is 7.89. The van der Waals surface area contributed by atoms with Crippen LogP contribution in [0.5, 0.6) is 0 Å². The second-order valence-electron chi connectivity index (χ2n) is 4.74. The normalized spacial score (nSPS) is 24.8. The Kier molecular flexibility index (Phi) is 4.28. The van der Waals surface area contributed by atoms with Crippen molar-refractivity contribution in [2.24, 2.45) is 0 Å². The lowest BCUT2D eigenvalue weighted by Gasteiger charge is -2.36. The molecule has 1 aromatic rings. The molecule has 0 aliphatic carbocycles. The predicted octanol–water partition coefficient (Wildman–Crippen LogP) is 0.178. The summed E-state index contributed by atoms with van der Waals surface area (Å²) in [6.45, 7) is 1.66. The molecule has 0 bridgehead atoms. The van der Waals surface area contributed by atoms with Crippen molar-refractivity contribution in [2.75, 3.05) is 25.5 Å². The number of halogens is 1. The number of rotatable bonds is 3. The molecule has 8 heteroatoms. The minimum atomic E-state index is -3.85. The summed E-state index contributed by atoms with van der Waals surface area (Å²) >= 11 is 0. The number of aliphatic hydroxyl groups excluding tert-OH is 1. The minimum absolute atomic E-state index is 0.0385. The van der Waals surface area contributed by atoms with E-state index in [-0.39, 0.29) is 36.4 Å². The molecule has 0 amide bonds. The van der Waals surface area contributed by atoms with Gasteiger partial charge in [0.05, 0.1) is 25.0 Å².